The molecule has 0 aromatic heterocycles. The topological polar surface area (TPSA) is 49.9 Å². The van der Waals surface area contributed by atoms with Crippen LogP contribution in [0.3, 0.4) is 0 Å². The normalized spacial score (nSPS) is 19.3. The predicted octanol–water partition coefficient (Wildman–Crippen LogP) is 2.26. The first-order chi connectivity index (χ1) is 10.9. The van der Waals surface area contributed by atoms with E-state index < -0.39 is 0 Å². The average molecular weight is 318 g/mol. The zero-order valence-electron chi connectivity index (χ0n) is 14.5. The maximum atomic E-state index is 12.5. The molecule has 1 aliphatic carbocycles. The Morgan fingerprint density at radius 3 is 2.57 bits per heavy atom. The van der Waals surface area contributed by atoms with Crippen LogP contribution in [0.5, 0.6) is 0 Å². The van der Waals surface area contributed by atoms with Crippen molar-refractivity contribution in [3.05, 3.63) is 34.6 Å². The van der Waals surface area contributed by atoms with Gasteiger partial charge in [0.2, 0.25) is 11.8 Å². The second-order valence-electron chi connectivity index (χ2n) is 6.38. The molecule has 0 spiro atoms. The number of imide groups is 1. The molecular formula is C18H26N2O3. The monoisotopic (exact) mass is 318 g/mol. The van der Waals surface area contributed by atoms with Gasteiger partial charge in [-0.25, -0.2) is 0 Å². The SMILES string of the molecule is COC1=CCC2=C(C=C1C)CC(=O)N(CCCN(C)C)C(=O)C2. The zero-order chi connectivity index (χ0) is 17.0. The standard InChI is InChI=1S/C18H26N2O3/c1-13-10-15-12-18(22)20(9-5-8-19(2)3)17(21)11-14(15)6-7-16(13)23-4/h7,10H,5-6,8-9,11-12H2,1-4H3. The van der Waals surface area contributed by atoms with Crippen LogP contribution in [0, 0.1) is 0 Å². The average Bonchev–Trinajstić information content (AvgIpc) is 2.68. The van der Waals surface area contributed by atoms with Crippen molar-refractivity contribution < 1.29 is 14.3 Å². The van der Waals surface area contributed by atoms with E-state index in [9.17, 15) is 9.59 Å². The summed E-state index contributed by atoms with van der Waals surface area (Å²) in [5.41, 5.74) is 3.00. The molecule has 2 amide bonds. The molecule has 5 heteroatoms. The van der Waals surface area contributed by atoms with Gasteiger partial charge in [-0.15, -0.1) is 0 Å². The van der Waals surface area contributed by atoms with Crippen molar-refractivity contribution in [2.45, 2.75) is 32.6 Å². The van der Waals surface area contributed by atoms with Crippen molar-refractivity contribution in [3.8, 4) is 0 Å². The summed E-state index contributed by atoms with van der Waals surface area (Å²) in [4.78, 5) is 28.5. The van der Waals surface area contributed by atoms with Crippen LogP contribution >= 0.6 is 0 Å². The van der Waals surface area contributed by atoms with Gasteiger partial charge in [0.25, 0.3) is 0 Å². The quantitative estimate of drug-likeness (QED) is 0.730. The molecule has 2 aliphatic rings. The summed E-state index contributed by atoms with van der Waals surface area (Å²) in [7, 11) is 5.62. The highest BCUT2D eigenvalue weighted by Crippen LogP contribution is 2.30. The van der Waals surface area contributed by atoms with Gasteiger partial charge in [0, 0.05) is 13.0 Å². The largest absolute Gasteiger partial charge is 0.497 e. The number of amides is 2. The summed E-state index contributed by atoms with van der Waals surface area (Å²) >= 11 is 0. The first-order valence-electron chi connectivity index (χ1n) is 8.04. The molecule has 2 rings (SSSR count). The van der Waals surface area contributed by atoms with Crippen LogP contribution in [-0.4, -0.2) is 55.9 Å². The van der Waals surface area contributed by atoms with Crippen LogP contribution in [0.1, 0.15) is 32.6 Å². The van der Waals surface area contributed by atoms with Gasteiger partial charge >= 0.3 is 0 Å². The molecule has 1 aliphatic heterocycles. The Balaban J connectivity index is 2.14. The molecule has 0 saturated heterocycles. The second kappa shape index (κ2) is 7.59. The van der Waals surface area contributed by atoms with Gasteiger partial charge in [0.15, 0.2) is 0 Å². The van der Waals surface area contributed by atoms with E-state index >= 15 is 0 Å². The minimum atomic E-state index is -0.0938. The lowest BCUT2D eigenvalue weighted by molar-refractivity contribution is -0.143. The van der Waals surface area contributed by atoms with E-state index in [0.717, 1.165) is 35.4 Å². The van der Waals surface area contributed by atoms with Gasteiger partial charge in [0.1, 0.15) is 5.76 Å². The maximum absolute atomic E-state index is 12.5. The summed E-state index contributed by atoms with van der Waals surface area (Å²) in [5.74, 6) is 0.642. The van der Waals surface area contributed by atoms with Crippen LogP contribution in [0.4, 0.5) is 0 Å². The van der Waals surface area contributed by atoms with Gasteiger partial charge in [-0.05, 0) is 57.6 Å². The van der Waals surface area contributed by atoms with Crippen molar-refractivity contribution in [1.29, 1.82) is 0 Å². The predicted molar refractivity (Wildman–Crippen MR) is 89.6 cm³/mol. The fourth-order valence-electron chi connectivity index (χ4n) is 3.02. The maximum Gasteiger partial charge on any atom is 0.233 e. The van der Waals surface area contributed by atoms with E-state index in [1.165, 1.54) is 4.90 Å². The molecule has 126 valence electrons. The van der Waals surface area contributed by atoms with Gasteiger partial charge in [0.05, 0.1) is 13.5 Å². The van der Waals surface area contributed by atoms with Gasteiger partial charge in [-0.1, -0.05) is 11.6 Å². The Hall–Kier alpha value is -1.88. The van der Waals surface area contributed by atoms with E-state index in [0.29, 0.717) is 25.8 Å². The number of allylic oxidation sites excluding steroid dienone is 3. The number of nitrogens with zero attached hydrogens (tertiary/aromatic N) is 2. The molecule has 0 fully saturated rings. The fourth-order valence-corrected chi connectivity index (χ4v) is 3.02. The first kappa shape index (κ1) is 17.5. The van der Waals surface area contributed by atoms with E-state index in [-0.39, 0.29) is 11.8 Å². The Kier molecular flexibility index (Phi) is 5.77. The van der Waals surface area contributed by atoms with Gasteiger partial charge in [-0.2, -0.15) is 0 Å². The van der Waals surface area contributed by atoms with E-state index in [1.807, 2.05) is 33.2 Å². The molecule has 0 bridgehead atoms. The van der Waals surface area contributed by atoms with E-state index in [2.05, 4.69) is 4.90 Å². The molecule has 0 unspecified atom stereocenters. The molecular weight excluding hydrogens is 292 g/mol. The highest BCUT2D eigenvalue weighted by molar-refractivity contribution is 5.99. The zero-order valence-corrected chi connectivity index (χ0v) is 14.5. The third-order valence-corrected chi connectivity index (χ3v) is 4.28. The highest BCUT2D eigenvalue weighted by atomic mass is 16.5. The number of methoxy groups -OCH3 is 1. The van der Waals surface area contributed by atoms with E-state index in [1.54, 1.807) is 7.11 Å². The van der Waals surface area contributed by atoms with Crippen molar-refractivity contribution in [2.75, 3.05) is 34.3 Å². The molecule has 1 heterocycles. The summed E-state index contributed by atoms with van der Waals surface area (Å²) in [5, 5.41) is 0. The van der Waals surface area contributed by atoms with Crippen LogP contribution in [0.2, 0.25) is 0 Å². The molecule has 0 saturated carbocycles. The molecule has 0 aromatic rings. The lowest BCUT2D eigenvalue weighted by atomic mass is 10.0. The second-order valence-corrected chi connectivity index (χ2v) is 6.38. The number of ether oxygens (including phenoxy) is 1. The summed E-state index contributed by atoms with van der Waals surface area (Å²) < 4.78 is 5.35. The van der Waals surface area contributed by atoms with Gasteiger partial charge < -0.3 is 9.64 Å². The molecule has 0 N–H and O–H groups in total. The van der Waals surface area contributed by atoms with Crippen LogP contribution in [0.15, 0.2) is 34.6 Å². The summed E-state index contributed by atoms with van der Waals surface area (Å²) in [6.45, 7) is 3.33. The number of carbonyl (C=O) groups excluding carboxylic acids is 2. The third-order valence-electron chi connectivity index (χ3n) is 4.28. The van der Waals surface area contributed by atoms with E-state index in [4.69, 9.17) is 4.74 Å². The Bertz CT molecular complexity index is 585. The molecule has 5 nitrogen and oxygen atoms in total. The number of carbonyl (C=O) groups is 2. The van der Waals surface area contributed by atoms with Crippen molar-refractivity contribution >= 4 is 11.8 Å². The Morgan fingerprint density at radius 2 is 1.91 bits per heavy atom. The van der Waals surface area contributed by atoms with Gasteiger partial charge in [-0.3, -0.25) is 14.5 Å². The lowest BCUT2D eigenvalue weighted by Crippen LogP contribution is -2.37. The highest BCUT2D eigenvalue weighted by Gasteiger charge is 2.28. The van der Waals surface area contributed by atoms with Crippen molar-refractivity contribution in [1.82, 2.24) is 9.80 Å². The van der Waals surface area contributed by atoms with Crippen LogP contribution < -0.4 is 0 Å². The van der Waals surface area contributed by atoms with Crippen LogP contribution in [-0.2, 0) is 14.3 Å². The minimum absolute atomic E-state index is 0.0842. The number of hydrogen-bond donors (Lipinski definition) is 0. The summed E-state index contributed by atoms with van der Waals surface area (Å²) in [6.07, 6.45) is 6.07. The van der Waals surface area contributed by atoms with Crippen molar-refractivity contribution in [3.63, 3.8) is 0 Å². The van der Waals surface area contributed by atoms with Crippen molar-refractivity contribution in [2.24, 2.45) is 0 Å². The smallest absolute Gasteiger partial charge is 0.233 e. The molecule has 0 aromatic carbocycles. The molecule has 0 radical (unpaired) electrons. The third kappa shape index (κ3) is 4.32. The summed E-state index contributed by atoms with van der Waals surface area (Å²) in [6, 6.07) is 0. The lowest BCUT2D eigenvalue weighted by Gasteiger charge is -2.20. The molecule has 0 atom stereocenters. The van der Waals surface area contributed by atoms with Crippen LogP contribution in [0.25, 0.3) is 0 Å². The number of rotatable bonds is 5. The Labute approximate surface area is 138 Å². The fraction of sp³-hybridized carbons (Fsp3) is 0.556. The molecule has 23 heavy (non-hydrogen) atoms. The minimum Gasteiger partial charge on any atom is -0.497 e. The first-order valence-corrected chi connectivity index (χ1v) is 8.04. The number of hydrogen-bond acceptors (Lipinski definition) is 4. The Morgan fingerprint density at radius 1 is 1.22 bits per heavy atom.